The molecule has 1 amide bonds. The first kappa shape index (κ1) is 20.7. The predicted molar refractivity (Wildman–Crippen MR) is 112 cm³/mol. The highest BCUT2D eigenvalue weighted by molar-refractivity contribution is 7.89. The SMILES string of the molecule is COc1ccc(OC)c(C2CCCN2C(=O)c2cccc(S(=O)(=O)NC3CC3)c2)c1. The fourth-order valence-corrected chi connectivity index (χ4v) is 5.23. The monoisotopic (exact) mass is 430 g/mol. The molecule has 1 aliphatic heterocycles. The molecule has 0 radical (unpaired) electrons. The molecule has 1 atom stereocenters. The zero-order valence-electron chi connectivity index (χ0n) is 17.1. The molecule has 1 aliphatic carbocycles. The molecule has 1 unspecified atom stereocenters. The molecule has 8 heteroatoms. The summed E-state index contributed by atoms with van der Waals surface area (Å²) in [7, 11) is -0.412. The van der Waals surface area contributed by atoms with Gasteiger partial charge in [-0.25, -0.2) is 13.1 Å². The van der Waals surface area contributed by atoms with Gasteiger partial charge in [0.1, 0.15) is 11.5 Å². The molecule has 4 rings (SSSR count). The Morgan fingerprint density at radius 2 is 1.87 bits per heavy atom. The Kier molecular flexibility index (Phi) is 5.71. The Morgan fingerprint density at radius 1 is 1.07 bits per heavy atom. The van der Waals surface area contributed by atoms with Crippen LogP contribution in [0.5, 0.6) is 11.5 Å². The van der Waals surface area contributed by atoms with Crippen LogP contribution < -0.4 is 14.2 Å². The molecule has 1 saturated heterocycles. The van der Waals surface area contributed by atoms with E-state index in [9.17, 15) is 13.2 Å². The van der Waals surface area contributed by atoms with Gasteiger partial charge in [-0.1, -0.05) is 6.07 Å². The van der Waals surface area contributed by atoms with Crippen LogP contribution in [0.3, 0.4) is 0 Å². The van der Waals surface area contributed by atoms with Crippen molar-refractivity contribution in [1.82, 2.24) is 9.62 Å². The Bertz CT molecular complexity index is 1050. The Morgan fingerprint density at radius 3 is 2.57 bits per heavy atom. The van der Waals surface area contributed by atoms with Crippen LogP contribution in [-0.4, -0.2) is 46.0 Å². The minimum absolute atomic E-state index is 0.0119. The lowest BCUT2D eigenvalue weighted by atomic mass is 10.0. The van der Waals surface area contributed by atoms with E-state index in [-0.39, 0.29) is 22.9 Å². The van der Waals surface area contributed by atoms with Crippen molar-refractivity contribution in [1.29, 1.82) is 0 Å². The lowest BCUT2D eigenvalue weighted by Gasteiger charge is -2.27. The normalized spacial score (nSPS) is 19.0. The summed E-state index contributed by atoms with van der Waals surface area (Å²) in [5.74, 6) is 1.21. The summed E-state index contributed by atoms with van der Waals surface area (Å²) in [4.78, 5) is 15.2. The van der Waals surface area contributed by atoms with E-state index < -0.39 is 10.0 Å². The quantitative estimate of drug-likeness (QED) is 0.730. The van der Waals surface area contributed by atoms with Crippen molar-refractivity contribution < 1.29 is 22.7 Å². The van der Waals surface area contributed by atoms with Crippen molar-refractivity contribution in [3.8, 4) is 11.5 Å². The predicted octanol–water partition coefficient (Wildman–Crippen LogP) is 3.12. The highest BCUT2D eigenvalue weighted by Gasteiger charge is 2.33. The second kappa shape index (κ2) is 8.28. The average Bonchev–Trinajstić information content (AvgIpc) is 3.43. The largest absolute Gasteiger partial charge is 0.497 e. The van der Waals surface area contributed by atoms with Crippen LogP contribution in [0.1, 0.15) is 47.6 Å². The Labute approximate surface area is 177 Å². The number of methoxy groups -OCH3 is 2. The minimum Gasteiger partial charge on any atom is -0.497 e. The van der Waals surface area contributed by atoms with E-state index in [2.05, 4.69) is 4.72 Å². The van der Waals surface area contributed by atoms with Crippen LogP contribution in [0.2, 0.25) is 0 Å². The van der Waals surface area contributed by atoms with E-state index in [1.165, 1.54) is 12.1 Å². The molecule has 0 aromatic heterocycles. The Hall–Kier alpha value is -2.58. The molecule has 1 N–H and O–H groups in total. The average molecular weight is 431 g/mol. The van der Waals surface area contributed by atoms with Crippen LogP contribution in [0, 0.1) is 0 Å². The van der Waals surface area contributed by atoms with Crippen LogP contribution in [0.25, 0.3) is 0 Å². The number of carbonyl (C=O) groups is 1. The second-order valence-electron chi connectivity index (χ2n) is 7.69. The number of rotatable bonds is 7. The molecule has 0 spiro atoms. The number of benzene rings is 2. The van der Waals surface area contributed by atoms with E-state index in [1.807, 2.05) is 18.2 Å². The zero-order valence-corrected chi connectivity index (χ0v) is 17.9. The van der Waals surface area contributed by atoms with Gasteiger partial charge in [-0.2, -0.15) is 0 Å². The smallest absolute Gasteiger partial charge is 0.254 e. The molecule has 7 nitrogen and oxygen atoms in total. The van der Waals surface area contributed by atoms with Crippen LogP contribution in [0.15, 0.2) is 47.4 Å². The van der Waals surface area contributed by atoms with E-state index in [0.29, 0.717) is 23.6 Å². The van der Waals surface area contributed by atoms with Gasteiger partial charge in [-0.15, -0.1) is 0 Å². The summed E-state index contributed by atoms with van der Waals surface area (Å²) in [6.07, 6.45) is 3.37. The second-order valence-corrected chi connectivity index (χ2v) is 9.40. The maximum Gasteiger partial charge on any atom is 0.254 e. The first-order valence-corrected chi connectivity index (χ1v) is 11.6. The van der Waals surface area contributed by atoms with Gasteiger partial charge in [0, 0.05) is 23.7 Å². The lowest BCUT2D eigenvalue weighted by Crippen LogP contribution is -2.31. The van der Waals surface area contributed by atoms with Crippen LogP contribution >= 0.6 is 0 Å². The highest BCUT2D eigenvalue weighted by Crippen LogP contribution is 2.39. The number of sulfonamides is 1. The Balaban J connectivity index is 1.62. The molecular formula is C22H26N2O5S. The van der Waals surface area contributed by atoms with E-state index >= 15 is 0 Å². The molecule has 30 heavy (non-hydrogen) atoms. The summed E-state index contributed by atoms with van der Waals surface area (Å²) < 4.78 is 38.6. The van der Waals surface area contributed by atoms with Gasteiger partial charge in [0.15, 0.2) is 0 Å². The molecule has 1 saturated carbocycles. The maximum atomic E-state index is 13.3. The van der Waals surface area contributed by atoms with Gasteiger partial charge in [0.2, 0.25) is 10.0 Å². The summed E-state index contributed by atoms with van der Waals surface area (Å²) in [5, 5.41) is 0. The van der Waals surface area contributed by atoms with E-state index in [4.69, 9.17) is 9.47 Å². The number of likely N-dealkylation sites (tertiary alicyclic amines) is 1. The van der Waals surface area contributed by atoms with E-state index in [1.54, 1.807) is 31.3 Å². The number of hydrogen-bond donors (Lipinski definition) is 1. The van der Waals surface area contributed by atoms with Crippen molar-refractivity contribution >= 4 is 15.9 Å². The standard InChI is InChI=1S/C22H26N2O5S/c1-28-17-10-11-21(29-2)19(14-17)20-7-4-12-24(20)22(25)15-5-3-6-18(13-15)30(26,27)23-16-8-9-16/h3,5-6,10-11,13-14,16,20,23H,4,7-9,12H2,1-2H3. The van der Waals surface area contributed by atoms with Gasteiger partial charge in [-0.05, 0) is 62.1 Å². The number of nitrogens with zero attached hydrogens (tertiary/aromatic N) is 1. The van der Waals surface area contributed by atoms with Crippen molar-refractivity contribution in [2.24, 2.45) is 0 Å². The molecule has 2 fully saturated rings. The first-order valence-electron chi connectivity index (χ1n) is 10.1. The topological polar surface area (TPSA) is 84.9 Å². The first-order chi connectivity index (χ1) is 14.4. The minimum atomic E-state index is -3.62. The zero-order chi connectivity index (χ0) is 21.3. The molecular weight excluding hydrogens is 404 g/mol. The third kappa shape index (κ3) is 4.15. The fourth-order valence-electron chi connectivity index (χ4n) is 3.88. The number of ether oxygens (including phenoxy) is 2. The van der Waals surface area contributed by atoms with Crippen molar-refractivity contribution in [2.45, 2.75) is 42.7 Å². The highest BCUT2D eigenvalue weighted by atomic mass is 32.2. The maximum absolute atomic E-state index is 13.3. The van der Waals surface area contributed by atoms with Crippen LogP contribution in [0.4, 0.5) is 0 Å². The third-order valence-corrected chi connectivity index (χ3v) is 7.12. The van der Waals surface area contributed by atoms with Gasteiger partial charge in [-0.3, -0.25) is 4.79 Å². The van der Waals surface area contributed by atoms with Gasteiger partial charge in [0.05, 0.1) is 25.2 Å². The number of amides is 1. The summed E-state index contributed by atoms with van der Waals surface area (Å²) in [6, 6.07) is 11.7. The van der Waals surface area contributed by atoms with Crippen molar-refractivity contribution in [2.75, 3.05) is 20.8 Å². The third-order valence-electron chi connectivity index (χ3n) is 5.60. The van der Waals surface area contributed by atoms with Gasteiger partial charge in [0.25, 0.3) is 5.91 Å². The number of hydrogen-bond acceptors (Lipinski definition) is 5. The molecule has 1 heterocycles. The molecule has 2 aromatic rings. The molecule has 2 aliphatic rings. The number of carbonyl (C=O) groups excluding carboxylic acids is 1. The lowest BCUT2D eigenvalue weighted by molar-refractivity contribution is 0.0733. The van der Waals surface area contributed by atoms with Crippen molar-refractivity contribution in [3.05, 3.63) is 53.6 Å². The summed E-state index contributed by atoms with van der Waals surface area (Å²) in [6.45, 7) is 0.598. The summed E-state index contributed by atoms with van der Waals surface area (Å²) in [5.41, 5.74) is 1.25. The molecule has 2 aromatic carbocycles. The summed E-state index contributed by atoms with van der Waals surface area (Å²) >= 11 is 0. The molecule has 0 bridgehead atoms. The van der Waals surface area contributed by atoms with Crippen molar-refractivity contribution in [3.63, 3.8) is 0 Å². The van der Waals surface area contributed by atoms with Gasteiger partial charge >= 0.3 is 0 Å². The fraction of sp³-hybridized carbons (Fsp3) is 0.409. The van der Waals surface area contributed by atoms with E-state index in [0.717, 1.165) is 31.2 Å². The molecule has 160 valence electrons. The van der Waals surface area contributed by atoms with Gasteiger partial charge < -0.3 is 14.4 Å². The van der Waals surface area contributed by atoms with Crippen LogP contribution in [-0.2, 0) is 10.0 Å². The number of nitrogens with one attached hydrogen (secondary N) is 1.